The molecule has 0 saturated heterocycles. The van der Waals surface area contributed by atoms with Gasteiger partial charge in [-0.2, -0.15) is 0 Å². The van der Waals surface area contributed by atoms with Crippen LogP contribution < -0.4 is 4.72 Å². The van der Waals surface area contributed by atoms with Gasteiger partial charge >= 0.3 is 0 Å². The van der Waals surface area contributed by atoms with Gasteiger partial charge in [-0.05, 0) is 36.8 Å². The summed E-state index contributed by atoms with van der Waals surface area (Å²) in [6.07, 6.45) is 0. The van der Waals surface area contributed by atoms with Gasteiger partial charge in [0, 0.05) is 0 Å². The van der Waals surface area contributed by atoms with Crippen LogP contribution in [0.1, 0.15) is 5.56 Å². The van der Waals surface area contributed by atoms with Crippen molar-refractivity contribution in [1.82, 2.24) is 0 Å². The topological polar surface area (TPSA) is 46.2 Å². The number of para-hydroxylation sites is 1. The standard InChI is InChI=1S/C13H10ClF2NO2S/c1-8-5-6-12(9(14)7-8)20(18,19)17-13-10(15)3-2-4-11(13)16/h2-7,17H,1H3. The highest BCUT2D eigenvalue weighted by molar-refractivity contribution is 7.92. The first-order chi connectivity index (χ1) is 9.31. The fourth-order valence-corrected chi connectivity index (χ4v) is 3.28. The lowest BCUT2D eigenvalue weighted by Gasteiger charge is -2.11. The number of halogens is 3. The monoisotopic (exact) mass is 317 g/mol. The van der Waals surface area contributed by atoms with E-state index in [-0.39, 0.29) is 9.92 Å². The molecule has 0 radical (unpaired) electrons. The van der Waals surface area contributed by atoms with E-state index in [9.17, 15) is 17.2 Å². The number of rotatable bonds is 3. The zero-order chi connectivity index (χ0) is 14.9. The van der Waals surface area contributed by atoms with Crippen molar-refractivity contribution < 1.29 is 17.2 Å². The van der Waals surface area contributed by atoms with Crippen molar-refractivity contribution in [3.63, 3.8) is 0 Å². The molecule has 0 aliphatic heterocycles. The molecule has 106 valence electrons. The summed E-state index contributed by atoms with van der Waals surface area (Å²) in [5, 5.41) is -0.0192. The van der Waals surface area contributed by atoms with Gasteiger partial charge < -0.3 is 0 Å². The summed E-state index contributed by atoms with van der Waals surface area (Å²) in [4.78, 5) is -0.243. The van der Waals surface area contributed by atoms with Crippen molar-refractivity contribution in [3.05, 3.63) is 58.6 Å². The second-order valence-corrected chi connectivity index (χ2v) is 6.19. The summed E-state index contributed by atoms with van der Waals surface area (Å²) in [6.45, 7) is 1.74. The van der Waals surface area contributed by atoms with Gasteiger partial charge in [-0.1, -0.05) is 23.7 Å². The minimum absolute atomic E-state index is 0.0192. The Morgan fingerprint density at radius 2 is 1.70 bits per heavy atom. The predicted molar refractivity (Wildman–Crippen MR) is 73.4 cm³/mol. The summed E-state index contributed by atoms with van der Waals surface area (Å²) >= 11 is 5.85. The quantitative estimate of drug-likeness (QED) is 0.937. The molecule has 0 saturated carbocycles. The number of hydrogen-bond acceptors (Lipinski definition) is 2. The van der Waals surface area contributed by atoms with Crippen LogP contribution in [0.5, 0.6) is 0 Å². The first kappa shape index (κ1) is 14.7. The van der Waals surface area contributed by atoms with Gasteiger partial charge in [0.05, 0.1) is 5.02 Å². The molecule has 2 aromatic rings. The highest BCUT2D eigenvalue weighted by atomic mass is 35.5. The Labute approximate surface area is 120 Å². The van der Waals surface area contributed by atoms with Gasteiger partial charge in [0.1, 0.15) is 22.2 Å². The zero-order valence-electron chi connectivity index (χ0n) is 10.3. The van der Waals surface area contributed by atoms with Crippen LogP contribution in [0.25, 0.3) is 0 Å². The van der Waals surface area contributed by atoms with Gasteiger partial charge in [-0.3, -0.25) is 4.72 Å². The third kappa shape index (κ3) is 2.91. The average Bonchev–Trinajstić information content (AvgIpc) is 2.33. The van der Waals surface area contributed by atoms with Crippen molar-refractivity contribution in [2.75, 3.05) is 4.72 Å². The van der Waals surface area contributed by atoms with Crippen LogP contribution in [0.4, 0.5) is 14.5 Å². The van der Waals surface area contributed by atoms with Gasteiger partial charge in [-0.25, -0.2) is 17.2 Å². The zero-order valence-corrected chi connectivity index (χ0v) is 11.9. The predicted octanol–water partition coefficient (Wildman–Crippen LogP) is 3.73. The van der Waals surface area contributed by atoms with Crippen LogP contribution in [0.2, 0.25) is 5.02 Å². The molecular formula is C13H10ClF2NO2S. The van der Waals surface area contributed by atoms with Crippen LogP contribution in [-0.2, 0) is 10.0 Å². The first-order valence-electron chi connectivity index (χ1n) is 5.54. The van der Waals surface area contributed by atoms with Crippen molar-refractivity contribution in [3.8, 4) is 0 Å². The van der Waals surface area contributed by atoms with E-state index in [0.29, 0.717) is 0 Å². The highest BCUT2D eigenvalue weighted by Gasteiger charge is 2.21. The first-order valence-corrected chi connectivity index (χ1v) is 7.40. The van der Waals surface area contributed by atoms with E-state index < -0.39 is 27.3 Å². The molecule has 0 amide bonds. The average molecular weight is 318 g/mol. The van der Waals surface area contributed by atoms with Crippen molar-refractivity contribution in [2.24, 2.45) is 0 Å². The Morgan fingerprint density at radius 3 is 2.25 bits per heavy atom. The van der Waals surface area contributed by atoms with Crippen LogP contribution in [0.3, 0.4) is 0 Å². The molecule has 0 fully saturated rings. The molecule has 1 N–H and O–H groups in total. The summed E-state index contributed by atoms with van der Waals surface area (Å²) in [6, 6.07) is 7.32. The summed E-state index contributed by atoms with van der Waals surface area (Å²) in [7, 11) is -4.17. The van der Waals surface area contributed by atoms with E-state index in [1.165, 1.54) is 18.2 Å². The number of benzene rings is 2. The molecule has 0 unspecified atom stereocenters. The number of aryl methyl sites for hydroxylation is 1. The molecule has 0 aromatic heterocycles. The van der Waals surface area contributed by atoms with E-state index in [0.717, 1.165) is 23.8 Å². The number of sulfonamides is 1. The Hall–Kier alpha value is -1.66. The van der Waals surface area contributed by atoms with Crippen LogP contribution in [-0.4, -0.2) is 8.42 Å². The second kappa shape index (κ2) is 5.38. The fraction of sp³-hybridized carbons (Fsp3) is 0.0769. The van der Waals surface area contributed by atoms with Crippen molar-refractivity contribution >= 4 is 27.3 Å². The highest BCUT2D eigenvalue weighted by Crippen LogP contribution is 2.27. The molecular weight excluding hydrogens is 308 g/mol. The van der Waals surface area contributed by atoms with Crippen LogP contribution in [0, 0.1) is 18.6 Å². The van der Waals surface area contributed by atoms with E-state index in [2.05, 4.69) is 0 Å². The van der Waals surface area contributed by atoms with Gasteiger partial charge in [-0.15, -0.1) is 0 Å². The lowest BCUT2D eigenvalue weighted by atomic mass is 10.2. The summed E-state index contributed by atoms with van der Waals surface area (Å²) in [5.41, 5.74) is 0.0372. The van der Waals surface area contributed by atoms with Gasteiger partial charge in [0.15, 0.2) is 0 Å². The number of anilines is 1. The maximum Gasteiger partial charge on any atom is 0.263 e. The Kier molecular flexibility index (Phi) is 3.96. The molecule has 0 aliphatic rings. The molecule has 0 spiro atoms. The molecule has 2 aromatic carbocycles. The Morgan fingerprint density at radius 1 is 1.10 bits per heavy atom. The lowest BCUT2D eigenvalue weighted by Crippen LogP contribution is -2.15. The molecule has 0 aliphatic carbocycles. The third-order valence-corrected chi connectivity index (χ3v) is 4.41. The minimum atomic E-state index is -4.17. The van der Waals surface area contributed by atoms with E-state index in [4.69, 9.17) is 11.6 Å². The second-order valence-electron chi connectivity index (χ2n) is 4.14. The lowest BCUT2D eigenvalue weighted by molar-refractivity contribution is 0.583. The maximum absolute atomic E-state index is 13.5. The summed E-state index contributed by atoms with van der Waals surface area (Å²) < 4.78 is 53.0. The molecule has 2 rings (SSSR count). The van der Waals surface area contributed by atoms with Gasteiger partial charge in [0.2, 0.25) is 0 Å². The van der Waals surface area contributed by atoms with E-state index in [1.54, 1.807) is 6.92 Å². The smallest absolute Gasteiger partial charge is 0.263 e. The molecule has 0 heterocycles. The molecule has 20 heavy (non-hydrogen) atoms. The summed E-state index contributed by atoms with van der Waals surface area (Å²) in [5.74, 6) is -2.01. The van der Waals surface area contributed by atoms with Crippen molar-refractivity contribution in [2.45, 2.75) is 11.8 Å². The maximum atomic E-state index is 13.5. The SMILES string of the molecule is Cc1ccc(S(=O)(=O)Nc2c(F)cccc2F)c(Cl)c1. The van der Waals surface area contributed by atoms with Crippen LogP contribution in [0.15, 0.2) is 41.3 Å². The van der Waals surface area contributed by atoms with Crippen LogP contribution >= 0.6 is 11.6 Å². The molecule has 7 heteroatoms. The van der Waals surface area contributed by atoms with E-state index in [1.807, 2.05) is 4.72 Å². The fourth-order valence-electron chi connectivity index (χ4n) is 1.61. The largest absolute Gasteiger partial charge is 0.274 e. The molecule has 0 bridgehead atoms. The molecule has 0 atom stereocenters. The van der Waals surface area contributed by atoms with E-state index >= 15 is 0 Å². The Bertz CT molecular complexity index is 743. The van der Waals surface area contributed by atoms with Crippen molar-refractivity contribution in [1.29, 1.82) is 0 Å². The Balaban J connectivity index is 2.46. The third-order valence-electron chi connectivity index (χ3n) is 2.58. The number of nitrogens with one attached hydrogen (secondary N) is 1. The normalized spacial score (nSPS) is 11.4. The van der Waals surface area contributed by atoms with Gasteiger partial charge in [0.25, 0.3) is 10.0 Å². The number of hydrogen-bond donors (Lipinski definition) is 1. The molecule has 3 nitrogen and oxygen atoms in total. The minimum Gasteiger partial charge on any atom is -0.274 e.